The number of nitrogens with zero attached hydrogens (tertiary/aromatic N) is 2. The molecule has 0 radical (unpaired) electrons. The Labute approximate surface area is 128 Å². The van der Waals surface area contributed by atoms with Gasteiger partial charge in [0, 0.05) is 5.69 Å². The van der Waals surface area contributed by atoms with Crippen LogP contribution in [0.2, 0.25) is 0 Å². The number of rotatable bonds is 6. The van der Waals surface area contributed by atoms with E-state index in [9.17, 15) is 0 Å². The van der Waals surface area contributed by atoms with Gasteiger partial charge < -0.3 is 5.32 Å². The molecule has 0 bridgehead atoms. The maximum absolute atomic E-state index is 4.78. The van der Waals surface area contributed by atoms with Gasteiger partial charge in [-0.2, -0.15) is 5.10 Å². The Kier molecular flexibility index (Phi) is 5.18. The lowest BCUT2D eigenvalue weighted by Crippen LogP contribution is -2.14. The Balaban J connectivity index is 2.28. The summed E-state index contributed by atoms with van der Waals surface area (Å²) in [4.78, 5) is 0. The summed E-state index contributed by atoms with van der Waals surface area (Å²) in [6.07, 6.45) is 2.25. The summed E-state index contributed by atoms with van der Waals surface area (Å²) in [5, 5.41) is 8.16. The van der Waals surface area contributed by atoms with Crippen LogP contribution in [0.25, 0.3) is 5.69 Å². The summed E-state index contributed by atoms with van der Waals surface area (Å²) < 4.78 is 2.11. The van der Waals surface area contributed by atoms with E-state index in [0.29, 0.717) is 0 Å². The Bertz CT molecular complexity index is 611. The average Bonchev–Trinajstić information content (AvgIpc) is 2.73. The second-order valence-electron chi connectivity index (χ2n) is 5.81. The quantitative estimate of drug-likeness (QED) is 0.821. The van der Waals surface area contributed by atoms with Crippen LogP contribution in [0.1, 0.15) is 41.4 Å². The molecule has 0 aliphatic rings. The molecule has 0 unspecified atom stereocenters. The minimum absolute atomic E-state index is 1.04. The molecule has 0 spiro atoms. The van der Waals surface area contributed by atoms with Gasteiger partial charge in [-0.1, -0.05) is 19.1 Å². The van der Waals surface area contributed by atoms with Crippen molar-refractivity contribution in [2.75, 3.05) is 13.1 Å². The molecule has 0 saturated heterocycles. The molecule has 0 saturated carbocycles. The lowest BCUT2D eigenvalue weighted by Gasteiger charge is -2.10. The molecule has 0 aliphatic heterocycles. The molecule has 0 atom stereocenters. The number of hydrogen-bond donors (Lipinski definition) is 1. The highest BCUT2D eigenvalue weighted by Crippen LogP contribution is 2.22. The van der Waals surface area contributed by atoms with E-state index in [-0.39, 0.29) is 0 Å². The summed E-state index contributed by atoms with van der Waals surface area (Å²) >= 11 is 0. The van der Waals surface area contributed by atoms with Gasteiger partial charge in [-0.25, -0.2) is 4.68 Å². The van der Waals surface area contributed by atoms with Gasteiger partial charge in [-0.05, 0) is 76.4 Å². The fourth-order valence-corrected chi connectivity index (χ4v) is 2.79. The van der Waals surface area contributed by atoms with Crippen LogP contribution in [-0.4, -0.2) is 22.9 Å². The van der Waals surface area contributed by atoms with Gasteiger partial charge in [0.25, 0.3) is 0 Å². The van der Waals surface area contributed by atoms with E-state index in [1.807, 2.05) is 0 Å². The van der Waals surface area contributed by atoms with Crippen LogP contribution < -0.4 is 5.32 Å². The van der Waals surface area contributed by atoms with Crippen LogP contribution in [0.4, 0.5) is 0 Å². The van der Waals surface area contributed by atoms with Crippen molar-refractivity contribution >= 4 is 0 Å². The molecular weight excluding hydrogens is 258 g/mol. The molecule has 3 nitrogen and oxygen atoms in total. The molecule has 0 fully saturated rings. The van der Waals surface area contributed by atoms with E-state index in [1.54, 1.807) is 0 Å². The lowest BCUT2D eigenvalue weighted by atomic mass is 10.1. The van der Waals surface area contributed by atoms with Crippen molar-refractivity contribution in [3.8, 4) is 5.69 Å². The second-order valence-corrected chi connectivity index (χ2v) is 5.81. The third kappa shape index (κ3) is 3.53. The van der Waals surface area contributed by atoms with Crippen LogP contribution in [-0.2, 0) is 6.42 Å². The van der Waals surface area contributed by atoms with E-state index in [4.69, 9.17) is 5.10 Å². The van der Waals surface area contributed by atoms with Gasteiger partial charge in [-0.15, -0.1) is 0 Å². The van der Waals surface area contributed by atoms with Crippen molar-refractivity contribution < 1.29 is 0 Å². The van der Waals surface area contributed by atoms with Gasteiger partial charge in [0.2, 0.25) is 0 Å². The first-order chi connectivity index (χ1) is 10.0. The predicted molar refractivity (Wildman–Crippen MR) is 89.4 cm³/mol. The molecule has 1 aromatic carbocycles. The molecule has 2 aromatic rings. The molecular formula is C18H27N3. The van der Waals surface area contributed by atoms with Crippen LogP contribution >= 0.6 is 0 Å². The molecule has 0 amide bonds. The van der Waals surface area contributed by atoms with Crippen LogP contribution in [0.15, 0.2) is 18.2 Å². The van der Waals surface area contributed by atoms with Crippen molar-refractivity contribution in [2.24, 2.45) is 0 Å². The minimum atomic E-state index is 1.04. The predicted octanol–water partition coefficient (Wildman–Crippen LogP) is 3.65. The number of aromatic nitrogens is 2. The highest BCUT2D eigenvalue weighted by molar-refractivity contribution is 5.45. The number of hydrogen-bond acceptors (Lipinski definition) is 2. The Morgan fingerprint density at radius 3 is 2.62 bits per heavy atom. The van der Waals surface area contributed by atoms with Crippen LogP contribution in [0.3, 0.4) is 0 Å². The average molecular weight is 285 g/mol. The third-order valence-corrected chi connectivity index (χ3v) is 4.06. The van der Waals surface area contributed by atoms with Gasteiger partial charge in [0.1, 0.15) is 0 Å². The summed E-state index contributed by atoms with van der Waals surface area (Å²) in [5.41, 5.74) is 7.58. The highest BCUT2D eigenvalue weighted by Gasteiger charge is 2.13. The third-order valence-electron chi connectivity index (χ3n) is 4.06. The van der Waals surface area contributed by atoms with Crippen LogP contribution in [0.5, 0.6) is 0 Å². The second kappa shape index (κ2) is 6.90. The largest absolute Gasteiger partial charge is 0.317 e. The first kappa shape index (κ1) is 15.8. The molecule has 0 aliphatic carbocycles. The van der Waals surface area contributed by atoms with Crippen molar-refractivity contribution in [3.63, 3.8) is 0 Å². The zero-order valence-corrected chi connectivity index (χ0v) is 14.0. The maximum Gasteiger partial charge on any atom is 0.0680 e. The minimum Gasteiger partial charge on any atom is -0.317 e. The lowest BCUT2D eigenvalue weighted by molar-refractivity contribution is 0.670. The van der Waals surface area contributed by atoms with Crippen molar-refractivity contribution in [2.45, 2.75) is 47.5 Å². The molecule has 1 heterocycles. The number of benzene rings is 1. The smallest absolute Gasteiger partial charge is 0.0680 e. The summed E-state index contributed by atoms with van der Waals surface area (Å²) in [7, 11) is 0. The van der Waals surface area contributed by atoms with Crippen LogP contribution in [0, 0.1) is 27.7 Å². The normalized spacial score (nSPS) is 11.1. The molecule has 114 valence electrons. The van der Waals surface area contributed by atoms with Gasteiger partial charge >= 0.3 is 0 Å². The molecule has 3 heteroatoms. The molecule has 21 heavy (non-hydrogen) atoms. The van der Waals surface area contributed by atoms with E-state index in [1.165, 1.54) is 28.1 Å². The zero-order chi connectivity index (χ0) is 15.4. The number of aryl methyl sites for hydroxylation is 3. The van der Waals surface area contributed by atoms with Crippen molar-refractivity contribution in [3.05, 3.63) is 46.3 Å². The van der Waals surface area contributed by atoms with Gasteiger partial charge in [-0.3, -0.25) is 0 Å². The van der Waals surface area contributed by atoms with E-state index in [0.717, 1.165) is 31.6 Å². The summed E-state index contributed by atoms with van der Waals surface area (Å²) in [6.45, 7) is 12.8. The maximum atomic E-state index is 4.78. The SMILES string of the molecule is CCNCCCc1c(C)nn(-c2cc(C)ccc2C)c1C. The molecule has 1 aromatic heterocycles. The molecule has 1 N–H and O–H groups in total. The number of nitrogens with one attached hydrogen (secondary N) is 1. The Hall–Kier alpha value is -1.61. The standard InChI is InChI=1S/C18H27N3/c1-6-19-11-7-8-17-15(4)20-21(16(17)5)18-12-13(2)9-10-14(18)3/h9-10,12,19H,6-8,11H2,1-5H3. The molecule has 2 rings (SSSR count). The van der Waals surface area contributed by atoms with E-state index >= 15 is 0 Å². The summed E-state index contributed by atoms with van der Waals surface area (Å²) in [6, 6.07) is 6.55. The fourth-order valence-electron chi connectivity index (χ4n) is 2.79. The summed E-state index contributed by atoms with van der Waals surface area (Å²) in [5.74, 6) is 0. The monoisotopic (exact) mass is 285 g/mol. The van der Waals surface area contributed by atoms with Crippen molar-refractivity contribution in [1.29, 1.82) is 0 Å². The zero-order valence-electron chi connectivity index (χ0n) is 14.0. The Morgan fingerprint density at radius 2 is 1.90 bits per heavy atom. The van der Waals surface area contributed by atoms with Gasteiger partial charge in [0.15, 0.2) is 0 Å². The fraction of sp³-hybridized carbons (Fsp3) is 0.500. The Morgan fingerprint density at radius 1 is 1.14 bits per heavy atom. The first-order valence-corrected chi connectivity index (χ1v) is 7.88. The van der Waals surface area contributed by atoms with Crippen molar-refractivity contribution in [1.82, 2.24) is 15.1 Å². The van der Waals surface area contributed by atoms with E-state index in [2.05, 4.69) is 62.8 Å². The van der Waals surface area contributed by atoms with E-state index < -0.39 is 0 Å². The topological polar surface area (TPSA) is 29.9 Å². The highest BCUT2D eigenvalue weighted by atomic mass is 15.3. The first-order valence-electron chi connectivity index (χ1n) is 7.88. The van der Waals surface area contributed by atoms with Gasteiger partial charge in [0.05, 0.1) is 11.4 Å².